The second-order valence-corrected chi connectivity index (χ2v) is 6.51. The molecule has 0 saturated carbocycles. The third kappa shape index (κ3) is 3.94. The maximum absolute atomic E-state index is 12.0. The number of benzene rings is 2. The van der Waals surface area contributed by atoms with Gasteiger partial charge < -0.3 is 9.26 Å². The predicted molar refractivity (Wildman–Crippen MR) is 106 cm³/mol. The highest BCUT2D eigenvalue weighted by molar-refractivity contribution is 9.10. The van der Waals surface area contributed by atoms with Crippen molar-refractivity contribution in [1.29, 1.82) is 0 Å². The van der Waals surface area contributed by atoms with Crippen molar-refractivity contribution in [3.8, 4) is 17.1 Å². The van der Waals surface area contributed by atoms with Crippen LogP contribution in [0.25, 0.3) is 22.2 Å². The maximum Gasteiger partial charge on any atom is 0.340 e. The number of nitrogens with zero attached hydrogens (tertiary/aromatic N) is 3. The fraction of sp³-hybridized carbons (Fsp3) is 0.0526. The van der Waals surface area contributed by atoms with E-state index in [4.69, 9.17) is 9.26 Å². The number of hydrogen-bond donors (Lipinski definition) is 2. The lowest BCUT2D eigenvalue weighted by atomic mass is 10.1. The molecule has 2 N–H and O–H groups in total. The highest BCUT2D eigenvalue weighted by Gasteiger charge is 2.11. The number of rotatable bonds is 6. The summed E-state index contributed by atoms with van der Waals surface area (Å²) in [5.41, 5.74) is 5.77. The van der Waals surface area contributed by atoms with Crippen molar-refractivity contribution < 1.29 is 14.1 Å². The Bertz CT molecular complexity index is 1120. The van der Waals surface area contributed by atoms with E-state index in [1.165, 1.54) is 0 Å². The van der Waals surface area contributed by atoms with E-state index in [0.29, 0.717) is 11.6 Å². The SMILES string of the molecule is O=C(COc1ccc2ccccc2c1Br)NNc1nc(-c2ccncc2)no1. The van der Waals surface area contributed by atoms with Crippen LogP contribution < -0.4 is 15.6 Å². The number of fused-ring (bicyclic) bond motifs is 1. The zero-order valence-electron chi connectivity index (χ0n) is 14.4. The number of halogens is 1. The Labute approximate surface area is 168 Å². The first-order valence-electron chi connectivity index (χ1n) is 8.30. The normalized spacial score (nSPS) is 10.6. The Balaban J connectivity index is 1.33. The molecule has 2 heterocycles. The number of amides is 1. The summed E-state index contributed by atoms with van der Waals surface area (Å²) in [6.07, 6.45) is 3.26. The van der Waals surface area contributed by atoms with Crippen molar-refractivity contribution in [1.82, 2.24) is 20.6 Å². The molecule has 0 spiro atoms. The second kappa shape index (κ2) is 8.05. The number of hydrazine groups is 1. The van der Waals surface area contributed by atoms with E-state index in [1.807, 2.05) is 36.4 Å². The van der Waals surface area contributed by atoms with E-state index in [-0.39, 0.29) is 12.6 Å². The quantitative estimate of drug-likeness (QED) is 0.442. The molecule has 4 rings (SSSR count). The van der Waals surface area contributed by atoms with Gasteiger partial charge in [0.25, 0.3) is 5.91 Å². The molecule has 2 aromatic heterocycles. The second-order valence-electron chi connectivity index (χ2n) is 5.72. The smallest absolute Gasteiger partial charge is 0.340 e. The monoisotopic (exact) mass is 439 g/mol. The topological polar surface area (TPSA) is 102 Å². The molecule has 0 bridgehead atoms. The molecule has 28 heavy (non-hydrogen) atoms. The number of pyridine rings is 1. The van der Waals surface area contributed by atoms with Crippen LogP contribution in [0.2, 0.25) is 0 Å². The zero-order chi connectivity index (χ0) is 19.3. The molecule has 0 saturated heterocycles. The van der Waals surface area contributed by atoms with Crippen LogP contribution in [0.3, 0.4) is 0 Å². The van der Waals surface area contributed by atoms with Crippen LogP contribution in [-0.2, 0) is 4.79 Å². The summed E-state index contributed by atoms with van der Waals surface area (Å²) in [4.78, 5) is 20.1. The van der Waals surface area contributed by atoms with Crippen molar-refractivity contribution in [2.45, 2.75) is 0 Å². The van der Waals surface area contributed by atoms with Gasteiger partial charge in [-0.3, -0.25) is 15.2 Å². The number of aromatic nitrogens is 3. The van der Waals surface area contributed by atoms with E-state index >= 15 is 0 Å². The minimum atomic E-state index is -0.399. The molecular weight excluding hydrogens is 426 g/mol. The van der Waals surface area contributed by atoms with Crippen molar-refractivity contribution in [3.63, 3.8) is 0 Å². The molecule has 8 nitrogen and oxygen atoms in total. The van der Waals surface area contributed by atoms with E-state index < -0.39 is 5.91 Å². The summed E-state index contributed by atoms with van der Waals surface area (Å²) in [7, 11) is 0. The van der Waals surface area contributed by atoms with E-state index in [2.05, 4.69) is 41.9 Å². The fourth-order valence-electron chi connectivity index (χ4n) is 2.52. The van der Waals surface area contributed by atoms with Gasteiger partial charge in [0.2, 0.25) is 5.82 Å². The van der Waals surface area contributed by atoms with Gasteiger partial charge in [0.15, 0.2) is 6.61 Å². The highest BCUT2D eigenvalue weighted by Crippen LogP contribution is 2.32. The summed E-state index contributed by atoms with van der Waals surface area (Å²) < 4.78 is 11.4. The summed E-state index contributed by atoms with van der Waals surface area (Å²) in [5.74, 6) is 0.561. The summed E-state index contributed by atoms with van der Waals surface area (Å²) >= 11 is 3.52. The van der Waals surface area contributed by atoms with Crippen LogP contribution in [0, 0.1) is 0 Å². The number of carbonyl (C=O) groups excluding carboxylic acids is 1. The standard InChI is InChI=1S/C19H14BrN5O3/c20-17-14-4-2-1-3-12(14)5-6-15(17)27-11-16(26)23-24-19-22-18(25-28-19)13-7-9-21-10-8-13/h1-10H,11H2,(H,23,26)(H,22,24,25). The summed E-state index contributed by atoms with van der Waals surface area (Å²) in [5, 5.41) is 5.92. The van der Waals surface area contributed by atoms with Gasteiger partial charge in [-0.1, -0.05) is 35.5 Å². The number of carbonyl (C=O) groups is 1. The van der Waals surface area contributed by atoms with Gasteiger partial charge in [-0.15, -0.1) is 0 Å². The molecule has 9 heteroatoms. The Morgan fingerprint density at radius 2 is 1.93 bits per heavy atom. The van der Waals surface area contributed by atoms with E-state index in [1.54, 1.807) is 24.5 Å². The van der Waals surface area contributed by atoms with Crippen molar-refractivity contribution in [2.24, 2.45) is 0 Å². The van der Waals surface area contributed by atoms with Crippen molar-refractivity contribution >= 4 is 38.6 Å². The number of ether oxygens (including phenoxy) is 1. The molecule has 0 radical (unpaired) electrons. The third-order valence-corrected chi connectivity index (χ3v) is 4.68. The number of hydrogen-bond acceptors (Lipinski definition) is 7. The van der Waals surface area contributed by atoms with Gasteiger partial charge in [-0.05, 0) is 44.9 Å². The molecule has 0 unspecified atom stereocenters. The summed E-state index contributed by atoms with van der Waals surface area (Å²) in [6.45, 7) is -0.185. The predicted octanol–water partition coefficient (Wildman–Crippen LogP) is 3.57. The Hall–Kier alpha value is -3.46. The zero-order valence-corrected chi connectivity index (χ0v) is 16.0. The average molecular weight is 440 g/mol. The van der Waals surface area contributed by atoms with Crippen molar-refractivity contribution in [3.05, 3.63) is 65.4 Å². The van der Waals surface area contributed by atoms with Crippen LogP contribution in [0.4, 0.5) is 6.01 Å². The lowest BCUT2D eigenvalue weighted by molar-refractivity contribution is -0.122. The van der Waals surface area contributed by atoms with Crippen LogP contribution in [0.1, 0.15) is 0 Å². The van der Waals surface area contributed by atoms with E-state index in [9.17, 15) is 4.79 Å². The van der Waals surface area contributed by atoms with Gasteiger partial charge in [-0.2, -0.15) is 4.98 Å². The summed E-state index contributed by atoms with van der Waals surface area (Å²) in [6, 6.07) is 15.2. The average Bonchev–Trinajstić information content (AvgIpc) is 3.22. The molecule has 4 aromatic rings. The lowest BCUT2D eigenvalue weighted by Crippen LogP contribution is -2.33. The lowest BCUT2D eigenvalue weighted by Gasteiger charge is -2.10. The molecule has 0 aliphatic carbocycles. The molecule has 2 aromatic carbocycles. The number of nitrogens with one attached hydrogen (secondary N) is 2. The van der Waals surface area contributed by atoms with Gasteiger partial charge in [0.05, 0.1) is 4.47 Å². The molecule has 0 atom stereocenters. The van der Waals surface area contributed by atoms with Crippen molar-refractivity contribution in [2.75, 3.05) is 12.0 Å². The Kier molecular flexibility index (Phi) is 5.16. The fourth-order valence-corrected chi connectivity index (χ4v) is 3.13. The minimum Gasteiger partial charge on any atom is -0.483 e. The van der Waals surface area contributed by atoms with Gasteiger partial charge in [0.1, 0.15) is 5.75 Å². The molecule has 140 valence electrons. The molecule has 1 amide bonds. The molecule has 0 aliphatic heterocycles. The van der Waals surface area contributed by atoms with Crippen LogP contribution >= 0.6 is 15.9 Å². The third-order valence-electron chi connectivity index (χ3n) is 3.86. The first kappa shape index (κ1) is 17.9. The van der Waals surface area contributed by atoms with Crippen LogP contribution in [-0.4, -0.2) is 27.6 Å². The highest BCUT2D eigenvalue weighted by atomic mass is 79.9. The Morgan fingerprint density at radius 1 is 1.11 bits per heavy atom. The van der Waals surface area contributed by atoms with Gasteiger partial charge >= 0.3 is 6.01 Å². The minimum absolute atomic E-state index is 0.0621. The van der Waals surface area contributed by atoms with Crippen LogP contribution in [0.15, 0.2) is 69.9 Å². The largest absolute Gasteiger partial charge is 0.483 e. The number of anilines is 1. The molecular formula is C19H14BrN5O3. The molecule has 0 fully saturated rings. The van der Waals surface area contributed by atoms with Gasteiger partial charge in [0, 0.05) is 18.0 Å². The van der Waals surface area contributed by atoms with Crippen LogP contribution in [0.5, 0.6) is 5.75 Å². The van der Waals surface area contributed by atoms with Gasteiger partial charge in [-0.25, -0.2) is 5.43 Å². The Morgan fingerprint density at radius 3 is 2.79 bits per heavy atom. The molecule has 0 aliphatic rings. The first-order valence-corrected chi connectivity index (χ1v) is 9.09. The first-order chi connectivity index (χ1) is 13.7. The van der Waals surface area contributed by atoms with E-state index in [0.717, 1.165) is 20.8 Å². The maximum atomic E-state index is 12.0.